The van der Waals surface area contributed by atoms with Crippen molar-refractivity contribution in [1.82, 2.24) is 4.90 Å². The molecule has 2 rings (SSSR count). The average Bonchev–Trinajstić information content (AvgIpc) is 2.75. The molecule has 6 heteroatoms. The fourth-order valence-electron chi connectivity index (χ4n) is 2.45. The number of amides is 1. The Balaban J connectivity index is 2.02. The Hall–Kier alpha value is -0.950. The molecule has 106 valence electrons. The van der Waals surface area contributed by atoms with Crippen molar-refractivity contribution in [2.45, 2.75) is 32.1 Å². The molecule has 0 aromatic carbocycles. The van der Waals surface area contributed by atoms with Gasteiger partial charge in [0, 0.05) is 29.9 Å². The third-order valence-corrected chi connectivity index (χ3v) is 3.99. The van der Waals surface area contributed by atoms with E-state index in [0.717, 1.165) is 18.0 Å². The normalized spacial score (nSPS) is 23.4. The van der Waals surface area contributed by atoms with Gasteiger partial charge in [0.25, 0.3) is 0 Å². The number of carbonyl (C=O) groups excluding carboxylic acids is 1. The maximum atomic E-state index is 11.1. The van der Waals surface area contributed by atoms with Crippen LogP contribution in [-0.2, 0) is 11.3 Å². The summed E-state index contributed by atoms with van der Waals surface area (Å²) in [4.78, 5) is 14.4. The summed E-state index contributed by atoms with van der Waals surface area (Å²) in [6.45, 7) is 6.31. The number of nitrogens with zero attached hydrogens (tertiary/aromatic N) is 1. The highest BCUT2D eigenvalue weighted by Gasteiger charge is 2.33. The second-order valence-corrected chi connectivity index (χ2v) is 6.51. The molecule has 2 heterocycles. The number of nitrogens with two attached hydrogens (primary N) is 1. The lowest BCUT2D eigenvalue weighted by molar-refractivity contribution is -0.150. The Morgan fingerprint density at radius 1 is 1.68 bits per heavy atom. The molecule has 0 saturated carbocycles. The van der Waals surface area contributed by atoms with Gasteiger partial charge in [-0.25, -0.2) is 0 Å². The van der Waals surface area contributed by atoms with Gasteiger partial charge in [-0.2, -0.15) is 0 Å². The van der Waals surface area contributed by atoms with Crippen LogP contribution in [0.4, 0.5) is 0 Å². The predicted molar refractivity (Wildman–Crippen MR) is 74.2 cm³/mol. The number of hydrogen-bond donors (Lipinski definition) is 2. The second-order valence-electron chi connectivity index (χ2n) is 5.52. The molecule has 3 N–H and O–H groups in total. The summed E-state index contributed by atoms with van der Waals surface area (Å²) in [7, 11) is 0. The standard InChI is InChI=1S/C13H20N2O3S/c1-13(2)8-15(4-10(6-16)18-13)5-11-3-9(7-19-11)12(14)17/h3,7,10,16H,4-6,8H2,1-2H3,(H2,14,17). The lowest BCUT2D eigenvalue weighted by Crippen LogP contribution is -2.53. The van der Waals surface area contributed by atoms with Gasteiger partial charge < -0.3 is 15.6 Å². The number of rotatable bonds is 4. The molecule has 5 nitrogen and oxygen atoms in total. The summed E-state index contributed by atoms with van der Waals surface area (Å²) in [5, 5.41) is 11.1. The number of aliphatic hydroxyl groups is 1. The summed E-state index contributed by atoms with van der Waals surface area (Å²) in [5.74, 6) is -0.391. The highest BCUT2D eigenvalue weighted by Crippen LogP contribution is 2.24. The number of primary amides is 1. The van der Waals surface area contributed by atoms with Crippen LogP contribution in [-0.4, -0.2) is 47.3 Å². The monoisotopic (exact) mass is 284 g/mol. The van der Waals surface area contributed by atoms with E-state index >= 15 is 0 Å². The van der Waals surface area contributed by atoms with Gasteiger partial charge in [-0.3, -0.25) is 9.69 Å². The first-order valence-corrected chi connectivity index (χ1v) is 7.16. The van der Waals surface area contributed by atoms with E-state index in [9.17, 15) is 9.90 Å². The molecule has 0 aliphatic carbocycles. The van der Waals surface area contributed by atoms with E-state index in [0.29, 0.717) is 12.1 Å². The topological polar surface area (TPSA) is 75.8 Å². The van der Waals surface area contributed by atoms with Crippen LogP contribution in [0.25, 0.3) is 0 Å². The Morgan fingerprint density at radius 3 is 3.00 bits per heavy atom. The van der Waals surface area contributed by atoms with E-state index in [1.807, 2.05) is 19.9 Å². The molecule has 1 aliphatic rings. The van der Waals surface area contributed by atoms with Gasteiger partial charge in [-0.05, 0) is 19.9 Å². The number of carbonyl (C=O) groups is 1. The quantitative estimate of drug-likeness (QED) is 0.858. The molecule has 1 fully saturated rings. The predicted octanol–water partition coefficient (Wildman–Crippen LogP) is 0.819. The van der Waals surface area contributed by atoms with Gasteiger partial charge in [0.2, 0.25) is 5.91 Å². The molecule has 1 atom stereocenters. The van der Waals surface area contributed by atoms with Gasteiger partial charge >= 0.3 is 0 Å². The molecular formula is C13H20N2O3S. The molecule has 0 bridgehead atoms. The molecule has 1 aromatic heterocycles. The van der Waals surface area contributed by atoms with Gasteiger partial charge in [0.05, 0.1) is 23.9 Å². The molecule has 0 radical (unpaired) electrons. The summed E-state index contributed by atoms with van der Waals surface area (Å²) in [6.07, 6.45) is -0.153. The third kappa shape index (κ3) is 3.76. The van der Waals surface area contributed by atoms with Crippen molar-refractivity contribution in [3.8, 4) is 0 Å². The van der Waals surface area contributed by atoms with E-state index in [-0.39, 0.29) is 18.3 Å². The maximum Gasteiger partial charge on any atom is 0.249 e. The van der Waals surface area contributed by atoms with Crippen LogP contribution in [0.5, 0.6) is 0 Å². The Kier molecular flexibility index (Phi) is 4.25. The van der Waals surface area contributed by atoms with Gasteiger partial charge in [-0.15, -0.1) is 11.3 Å². The van der Waals surface area contributed by atoms with Crippen molar-refractivity contribution in [1.29, 1.82) is 0 Å². The second kappa shape index (κ2) is 5.58. The van der Waals surface area contributed by atoms with E-state index in [1.165, 1.54) is 11.3 Å². The van der Waals surface area contributed by atoms with Crippen molar-refractivity contribution in [3.05, 3.63) is 21.9 Å². The highest BCUT2D eigenvalue weighted by atomic mass is 32.1. The first-order chi connectivity index (χ1) is 8.89. The number of morpholine rings is 1. The van der Waals surface area contributed by atoms with Crippen LogP contribution < -0.4 is 5.73 Å². The number of thiophene rings is 1. The van der Waals surface area contributed by atoms with Crippen molar-refractivity contribution < 1.29 is 14.6 Å². The smallest absolute Gasteiger partial charge is 0.249 e. The fourth-order valence-corrected chi connectivity index (χ4v) is 3.36. The minimum atomic E-state index is -0.391. The molecule has 1 aromatic rings. The Bertz CT molecular complexity index is 458. The van der Waals surface area contributed by atoms with Crippen molar-refractivity contribution in [2.24, 2.45) is 5.73 Å². The van der Waals surface area contributed by atoms with Gasteiger partial charge in [0.15, 0.2) is 0 Å². The summed E-state index contributed by atoms with van der Waals surface area (Å²) in [6, 6.07) is 1.84. The van der Waals surface area contributed by atoms with E-state index < -0.39 is 5.91 Å². The molecule has 1 saturated heterocycles. The third-order valence-electron chi connectivity index (χ3n) is 3.07. The first-order valence-electron chi connectivity index (χ1n) is 6.28. The summed E-state index contributed by atoms with van der Waals surface area (Å²) < 4.78 is 5.77. The van der Waals surface area contributed by atoms with E-state index in [4.69, 9.17) is 10.5 Å². The lowest BCUT2D eigenvalue weighted by Gasteiger charge is -2.42. The van der Waals surface area contributed by atoms with Crippen LogP contribution in [0.1, 0.15) is 29.1 Å². The average molecular weight is 284 g/mol. The van der Waals surface area contributed by atoms with Crippen LogP contribution in [0.15, 0.2) is 11.4 Å². The number of hydrogen-bond acceptors (Lipinski definition) is 5. The lowest BCUT2D eigenvalue weighted by atomic mass is 10.1. The number of ether oxygens (including phenoxy) is 1. The summed E-state index contributed by atoms with van der Waals surface area (Å²) >= 11 is 1.53. The van der Waals surface area contributed by atoms with E-state index in [2.05, 4.69) is 4.90 Å². The Morgan fingerprint density at radius 2 is 2.42 bits per heavy atom. The molecular weight excluding hydrogens is 264 g/mol. The minimum absolute atomic E-state index is 0.0247. The fraction of sp³-hybridized carbons (Fsp3) is 0.615. The maximum absolute atomic E-state index is 11.1. The zero-order valence-corrected chi connectivity index (χ0v) is 12.1. The molecule has 1 aliphatic heterocycles. The SMILES string of the molecule is CC1(C)CN(Cc2cc(C(N)=O)cs2)CC(CO)O1. The van der Waals surface area contributed by atoms with Crippen LogP contribution in [0.3, 0.4) is 0 Å². The molecule has 1 unspecified atom stereocenters. The summed E-state index contributed by atoms with van der Waals surface area (Å²) in [5.41, 5.74) is 5.54. The van der Waals surface area contributed by atoms with Crippen LogP contribution >= 0.6 is 11.3 Å². The van der Waals surface area contributed by atoms with Gasteiger partial charge in [0.1, 0.15) is 0 Å². The minimum Gasteiger partial charge on any atom is -0.394 e. The zero-order chi connectivity index (χ0) is 14.0. The van der Waals surface area contributed by atoms with Crippen molar-refractivity contribution in [2.75, 3.05) is 19.7 Å². The van der Waals surface area contributed by atoms with E-state index in [1.54, 1.807) is 5.38 Å². The van der Waals surface area contributed by atoms with Crippen LogP contribution in [0, 0.1) is 0 Å². The Labute approximate surface area is 117 Å². The number of aliphatic hydroxyl groups excluding tert-OH is 1. The largest absolute Gasteiger partial charge is 0.394 e. The van der Waals surface area contributed by atoms with Crippen molar-refractivity contribution in [3.63, 3.8) is 0 Å². The highest BCUT2D eigenvalue weighted by molar-refractivity contribution is 7.10. The first kappa shape index (κ1) is 14.5. The van der Waals surface area contributed by atoms with Crippen LogP contribution in [0.2, 0.25) is 0 Å². The van der Waals surface area contributed by atoms with Crippen molar-refractivity contribution >= 4 is 17.2 Å². The molecule has 1 amide bonds. The van der Waals surface area contributed by atoms with Gasteiger partial charge in [-0.1, -0.05) is 0 Å². The molecule has 0 spiro atoms. The zero-order valence-electron chi connectivity index (χ0n) is 11.3. The molecule has 19 heavy (non-hydrogen) atoms.